The Kier molecular flexibility index (Phi) is 5.14. The monoisotopic (exact) mass is 353 g/mol. The summed E-state index contributed by atoms with van der Waals surface area (Å²) in [5.41, 5.74) is 0.471. The molecular formula is C17H20ClNO5. The zero-order valence-electron chi connectivity index (χ0n) is 13.5. The number of rotatable bonds is 3. The number of carbonyl (C=O) groups is 2. The van der Waals surface area contributed by atoms with Gasteiger partial charge in [-0.25, -0.2) is 0 Å². The van der Waals surface area contributed by atoms with Crippen LogP contribution in [-0.2, 0) is 9.53 Å². The van der Waals surface area contributed by atoms with Crippen LogP contribution in [0.15, 0.2) is 12.1 Å². The number of hydrogen-bond donors (Lipinski definition) is 0. The van der Waals surface area contributed by atoms with E-state index in [-0.39, 0.29) is 17.8 Å². The number of carbonyl (C=O) groups excluding carboxylic acids is 2. The van der Waals surface area contributed by atoms with Gasteiger partial charge in [0.25, 0.3) is 5.91 Å². The van der Waals surface area contributed by atoms with Crippen LogP contribution in [0.25, 0.3) is 0 Å². The maximum Gasteiger partial charge on any atom is 0.309 e. The van der Waals surface area contributed by atoms with Crippen molar-refractivity contribution in [3.63, 3.8) is 0 Å². The van der Waals surface area contributed by atoms with Crippen LogP contribution >= 0.6 is 11.6 Å². The van der Waals surface area contributed by atoms with E-state index < -0.39 is 0 Å². The molecule has 1 aromatic carbocycles. The number of piperidine rings is 1. The summed E-state index contributed by atoms with van der Waals surface area (Å²) >= 11 is 6.19. The number of likely N-dealkylation sites (tertiary alicyclic amines) is 1. The van der Waals surface area contributed by atoms with Crippen molar-refractivity contribution < 1.29 is 23.8 Å². The molecule has 2 aliphatic rings. The summed E-state index contributed by atoms with van der Waals surface area (Å²) < 4.78 is 16.0. The molecule has 0 N–H and O–H groups in total. The highest BCUT2D eigenvalue weighted by Gasteiger charge is 2.29. The largest absolute Gasteiger partial charge is 0.486 e. The van der Waals surface area contributed by atoms with Crippen LogP contribution in [0, 0.1) is 5.92 Å². The summed E-state index contributed by atoms with van der Waals surface area (Å²) in [5.74, 6) is 0.569. The Balaban J connectivity index is 1.67. The third-order valence-corrected chi connectivity index (χ3v) is 4.53. The fourth-order valence-electron chi connectivity index (χ4n) is 3.00. The maximum atomic E-state index is 12.7. The summed E-state index contributed by atoms with van der Waals surface area (Å²) in [5, 5.41) is 0.372. The molecule has 1 amide bonds. The molecule has 6 nitrogen and oxygen atoms in total. The van der Waals surface area contributed by atoms with E-state index in [9.17, 15) is 9.59 Å². The Morgan fingerprint density at radius 2 is 1.96 bits per heavy atom. The standard InChI is InChI=1S/C17H20ClNO5/c1-2-22-17(21)11-3-5-19(6-4-11)16(20)12-9-13(18)15-14(10-12)23-7-8-24-15/h9-11H,2-8H2,1H3. The molecule has 2 heterocycles. The number of benzene rings is 1. The number of fused-ring (bicyclic) bond motifs is 1. The fourth-order valence-corrected chi connectivity index (χ4v) is 3.26. The third kappa shape index (κ3) is 3.43. The van der Waals surface area contributed by atoms with Crippen molar-refractivity contribution in [2.45, 2.75) is 19.8 Å². The fraction of sp³-hybridized carbons (Fsp3) is 0.529. The molecule has 7 heteroatoms. The van der Waals surface area contributed by atoms with Gasteiger partial charge in [0.05, 0.1) is 17.5 Å². The van der Waals surface area contributed by atoms with Crippen molar-refractivity contribution in [2.75, 3.05) is 32.9 Å². The minimum atomic E-state index is -0.174. The van der Waals surface area contributed by atoms with Crippen molar-refractivity contribution >= 4 is 23.5 Å². The summed E-state index contributed by atoms with van der Waals surface area (Å²) in [6.07, 6.45) is 1.23. The van der Waals surface area contributed by atoms with Crippen LogP contribution in [0.2, 0.25) is 5.02 Å². The molecule has 0 saturated carbocycles. The van der Waals surface area contributed by atoms with Gasteiger partial charge in [-0.3, -0.25) is 9.59 Å². The number of amides is 1. The molecule has 1 aromatic rings. The maximum absolute atomic E-state index is 12.7. The van der Waals surface area contributed by atoms with Crippen molar-refractivity contribution in [1.82, 2.24) is 4.90 Å². The lowest BCUT2D eigenvalue weighted by molar-refractivity contribution is -0.149. The van der Waals surface area contributed by atoms with E-state index >= 15 is 0 Å². The normalized spacial score (nSPS) is 17.5. The number of ether oxygens (including phenoxy) is 3. The first-order valence-corrected chi connectivity index (χ1v) is 8.53. The summed E-state index contributed by atoms with van der Waals surface area (Å²) in [6.45, 7) is 4.10. The predicted octanol–water partition coefficient (Wildman–Crippen LogP) is 2.53. The highest BCUT2D eigenvalue weighted by molar-refractivity contribution is 6.32. The average molecular weight is 354 g/mol. The lowest BCUT2D eigenvalue weighted by Gasteiger charge is -2.31. The van der Waals surface area contributed by atoms with E-state index in [0.29, 0.717) is 67.8 Å². The molecule has 0 unspecified atom stereocenters. The number of nitrogens with zero attached hydrogens (tertiary/aromatic N) is 1. The zero-order chi connectivity index (χ0) is 17.1. The molecule has 0 radical (unpaired) electrons. The molecule has 2 aliphatic heterocycles. The molecular weight excluding hydrogens is 334 g/mol. The molecule has 130 valence electrons. The first-order valence-electron chi connectivity index (χ1n) is 8.15. The van der Waals surface area contributed by atoms with Crippen molar-refractivity contribution in [2.24, 2.45) is 5.92 Å². The molecule has 0 bridgehead atoms. The Morgan fingerprint density at radius 1 is 1.25 bits per heavy atom. The lowest BCUT2D eigenvalue weighted by Crippen LogP contribution is -2.40. The van der Waals surface area contributed by atoms with Crippen LogP contribution in [-0.4, -0.2) is 49.7 Å². The Labute approximate surface area is 145 Å². The van der Waals surface area contributed by atoms with Crippen LogP contribution < -0.4 is 9.47 Å². The van der Waals surface area contributed by atoms with Gasteiger partial charge in [0.2, 0.25) is 0 Å². The first-order chi connectivity index (χ1) is 11.6. The van der Waals surface area contributed by atoms with Crippen LogP contribution in [0.5, 0.6) is 11.5 Å². The van der Waals surface area contributed by atoms with Crippen LogP contribution in [0.1, 0.15) is 30.1 Å². The van der Waals surface area contributed by atoms with Gasteiger partial charge in [-0.05, 0) is 31.9 Å². The quantitative estimate of drug-likeness (QED) is 0.781. The summed E-state index contributed by atoms with van der Waals surface area (Å²) in [6, 6.07) is 3.27. The summed E-state index contributed by atoms with van der Waals surface area (Å²) in [4.78, 5) is 26.2. The van der Waals surface area contributed by atoms with Gasteiger partial charge in [-0.1, -0.05) is 11.6 Å². The molecule has 3 rings (SSSR count). The molecule has 0 spiro atoms. The third-order valence-electron chi connectivity index (χ3n) is 4.25. The molecule has 24 heavy (non-hydrogen) atoms. The first kappa shape index (κ1) is 16.9. The lowest BCUT2D eigenvalue weighted by atomic mass is 9.96. The second kappa shape index (κ2) is 7.30. The average Bonchev–Trinajstić information content (AvgIpc) is 2.61. The van der Waals surface area contributed by atoms with E-state index in [1.165, 1.54) is 0 Å². The minimum Gasteiger partial charge on any atom is -0.486 e. The van der Waals surface area contributed by atoms with Crippen LogP contribution in [0.3, 0.4) is 0 Å². The molecule has 0 atom stereocenters. The van der Waals surface area contributed by atoms with E-state index in [1.807, 2.05) is 0 Å². The van der Waals surface area contributed by atoms with Gasteiger partial charge in [0.15, 0.2) is 11.5 Å². The van der Waals surface area contributed by atoms with Gasteiger partial charge in [-0.15, -0.1) is 0 Å². The van der Waals surface area contributed by atoms with E-state index in [2.05, 4.69) is 0 Å². The molecule has 0 aromatic heterocycles. The SMILES string of the molecule is CCOC(=O)C1CCN(C(=O)c2cc(Cl)c3c(c2)OCCO3)CC1. The van der Waals surface area contributed by atoms with Crippen LogP contribution in [0.4, 0.5) is 0 Å². The second-order valence-corrected chi connectivity index (χ2v) is 6.21. The Bertz CT molecular complexity index is 640. The van der Waals surface area contributed by atoms with E-state index in [0.717, 1.165) is 0 Å². The molecule has 1 saturated heterocycles. The molecule has 0 aliphatic carbocycles. The van der Waals surface area contributed by atoms with Crippen molar-refractivity contribution in [3.8, 4) is 11.5 Å². The van der Waals surface area contributed by atoms with E-state index in [4.69, 9.17) is 25.8 Å². The van der Waals surface area contributed by atoms with Gasteiger partial charge < -0.3 is 19.1 Å². The van der Waals surface area contributed by atoms with Gasteiger partial charge in [0, 0.05) is 18.7 Å². The Hall–Kier alpha value is -1.95. The van der Waals surface area contributed by atoms with Crippen molar-refractivity contribution in [1.29, 1.82) is 0 Å². The predicted molar refractivity (Wildman–Crippen MR) is 87.7 cm³/mol. The van der Waals surface area contributed by atoms with Gasteiger partial charge in [0.1, 0.15) is 13.2 Å². The number of halogens is 1. The number of esters is 1. The molecule has 1 fully saturated rings. The number of hydrogen-bond acceptors (Lipinski definition) is 5. The highest BCUT2D eigenvalue weighted by Crippen LogP contribution is 2.38. The zero-order valence-corrected chi connectivity index (χ0v) is 14.3. The topological polar surface area (TPSA) is 65.1 Å². The minimum absolute atomic E-state index is 0.115. The highest BCUT2D eigenvalue weighted by atomic mass is 35.5. The van der Waals surface area contributed by atoms with E-state index in [1.54, 1.807) is 24.0 Å². The Morgan fingerprint density at radius 3 is 2.67 bits per heavy atom. The smallest absolute Gasteiger partial charge is 0.309 e. The van der Waals surface area contributed by atoms with Gasteiger partial charge in [-0.2, -0.15) is 0 Å². The summed E-state index contributed by atoms with van der Waals surface area (Å²) in [7, 11) is 0. The van der Waals surface area contributed by atoms with Crippen molar-refractivity contribution in [3.05, 3.63) is 22.7 Å². The second-order valence-electron chi connectivity index (χ2n) is 5.80. The van der Waals surface area contributed by atoms with Gasteiger partial charge >= 0.3 is 5.97 Å².